The van der Waals surface area contributed by atoms with Gasteiger partial charge in [0.1, 0.15) is 11.5 Å². The molecule has 0 spiro atoms. The van der Waals surface area contributed by atoms with Crippen LogP contribution in [0, 0.1) is 5.92 Å². The maximum Gasteiger partial charge on any atom is 0.308 e. The van der Waals surface area contributed by atoms with Crippen molar-refractivity contribution in [2.24, 2.45) is 5.92 Å². The number of carboxylic acid groups (broad SMARTS) is 1. The van der Waals surface area contributed by atoms with Crippen molar-refractivity contribution in [3.05, 3.63) is 59.7 Å². The third-order valence-electron chi connectivity index (χ3n) is 5.08. The van der Waals surface area contributed by atoms with E-state index in [2.05, 4.69) is 26.8 Å². The van der Waals surface area contributed by atoms with Gasteiger partial charge in [-0.3, -0.25) is 9.59 Å². The van der Waals surface area contributed by atoms with Gasteiger partial charge in [-0.05, 0) is 35.6 Å². The average molecular weight is 381 g/mol. The van der Waals surface area contributed by atoms with Gasteiger partial charge in [0, 0.05) is 25.1 Å². The number of amides is 1. The highest BCUT2D eigenvalue weighted by Gasteiger charge is 2.33. The number of carboxylic acids is 1. The average Bonchev–Trinajstić information content (AvgIpc) is 3.02. The van der Waals surface area contributed by atoms with Gasteiger partial charge in [-0.1, -0.05) is 51.1 Å². The van der Waals surface area contributed by atoms with E-state index >= 15 is 0 Å². The van der Waals surface area contributed by atoms with Crippen LogP contribution in [0.3, 0.4) is 0 Å². The molecule has 1 aliphatic heterocycles. The number of likely N-dealkylation sites (tertiary alicyclic amines) is 1. The minimum absolute atomic E-state index is 0.00733. The van der Waals surface area contributed by atoms with Crippen LogP contribution in [0.4, 0.5) is 0 Å². The third-order valence-corrected chi connectivity index (χ3v) is 5.08. The van der Waals surface area contributed by atoms with Crippen LogP contribution in [0.5, 0.6) is 11.5 Å². The smallest absolute Gasteiger partial charge is 0.308 e. The summed E-state index contributed by atoms with van der Waals surface area (Å²) in [5.41, 5.74) is 2.23. The van der Waals surface area contributed by atoms with Crippen LogP contribution >= 0.6 is 0 Å². The number of para-hydroxylation sites is 1. The molecule has 1 N–H and O–H groups in total. The quantitative estimate of drug-likeness (QED) is 0.812. The van der Waals surface area contributed by atoms with Crippen molar-refractivity contribution in [2.75, 3.05) is 13.1 Å². The predicted octanol–water partition coefficient (Wildman–Crippen LogP) is 4.25. The molecule has 1 fully saturated rings. The Morgan fingerprint density at radius 1 is 1.14 bits per heavy atom. The Bertz CT molecular complexity index is 852. The minimum atomic E-state index is -0.895. The van der Waals surface area contributed by atoms with E-state index in [4.69, 9.17) is 9.84 Å². The lowest BCUT2D eigenvalue weighted by Crippen LogP contribution is -2.28. The molecule has 5 nitrogen and oxygen atoms in total. The van der Waals surface area contributed by atoms with E-state index < -0.39 is 11.9 Å². The molecule has 2 aromatic carbocycles. The molecule has 0 aliphatic carbocycles. The predicted molar refractivity (Wildman–Crippen MR) is 108 cm³/mol. The summed E-state index contributed by atoms with van der Waals surface area (Å²) < 4.78 is 6.10. The summed E-state index contributed by atoms with van der Waals surface area (Å²) in [6, 6.07) is 15.9. The molecule has 0 bridgehead atoms. The van der Waals surface area contributed by atoms with Gasteiger partial charge in [0.25, 0.3) is 0 Å². The van der Waals surface area contributed by atoms with Gasteiger partial charge in [-0.25, -0.2) is 0 Å². The second-order valence-electron chi connectivity index (χ2n) is 8.32. The zero-order chi connectivity index (χ0) is 20.3. The molecular formula is C23H27NO4. The van der Waals surface area contributed by atoms with Crippen LogP contribution in [0.15, 0.2) is 48.5 Å². The fraction of sp³-hybridized carbons (Fsp3) is 0.391. The minimum Gasteiger partial charge on any atom is -0.481 e. The van der Waals surface area contributed by atoms with Crippen LogP contribution in [-0.4, -0.2) is 35.0 Å². The molecule has 1 heterocycles. The summed E-state index contributed by atoms with van der Waals surface area (Å²) in [4.78, 5) is 24.6. The number of hydrogen-bond acceptors (Lipinski definition) is 3. The van der Waals surface area contributed by atoms with Crippen LogP contribution in [-0.2, 0) is 21.4 Å². The number of carbonyl (C=O) groups is 2. The zero-order valence-corrected chi connectivity index (χ0v) is 16.6. The first-order valence-electron chi connectivity index (χ1n) is 9.61. The lowest BCUT2D eigenvalue weighted by Gasteiger charge is -2.22. The van der Waals surface area contributed by atoms with E-state index in [1.165, 1.54) is 0 Å². The van der Waals surface area contributed by atoms with Crippen LogP contribution in [0.25, 0.3) is 0 Å². The Morgan fingerprint density at radius 3 is 2.43 bits per heavy atom. The SMILES string of the molecule is CC(C)(C)c1ccccc1Oc1ccc(CCN2CC(C(=O)O)CC2=O)cc1. The van der Waals surface area contributed by atoms with Gasteiger partial charge in [-0.15, -0.1) is 0 Å². The summed E-state index contributed by atoms with van der Waals surface area (Å²) >= 11 is 0. The normalized spacial score (nSPS) is 17.0. The number of nitrogens with zero attached hydrogens (tertiary/aromatic N) is 1. The van der Waals surface area contributed by atoms with Gasteiger partial charge < -0.3 is 14.7 Å². The van der Waals surface area contributed by atoms with Crippen molar-refractivity contribution in [3.63, 3.8) is 0 Å². The first-order chi connectivity index (χ1) is 13.2. The highest BCUT2D eigenvalue weighted by atomic mass is 16.5. The van der Waals surface area contributed by atoms with Crippen molar-refractivity contribution < 1.29 is 19.4 Å². The number of benzene rings is 2. The van der Waals surface area contributed by atoms with Crippen LogP contribution in [0.1, 0.15) is 38.3 Å². The molecule has 1 amide bonds. The fourth-order valence-corrected chi connectivity index (χ4v) is 3.44. The van der Waals surface area contributed by atoms with E-state index in [1.54, 1.807) is 4.90 Å². The molecule has 0 aromatic heterocycles. The lowest BCUT2D eigenvalue weighted by molar-refractivity contribution is -0.141. The standard InChI is InChI=1S/C23H27NO4/c1-23(2,3)19-6-4-5-7-20(19)28-18-10-8-16(9-11-18)12-13-24-15-17(22(26)27)14-21(24)25/h4-11,17H,12-15H2,1-3H3,(H,26,27). The first kappa shape index (κ1) is 19.9. The van der Waals surface area contributed by atoms with Gasteiger partial charge in [0.05, 0.1) is 5.92 Å². The van der Waals surface area contributed by atoms with Gasteiger partial charge in [0.15, 0.2) is 0 Å². The van der Waals surface area contributed by atoms with E-state index in [0.29, 0.717) is 19.5 Å². The number of carbonyl (C=O) groups excluding carboxylic acids is 1. The van der Waals surface area contributed by atoms with Crippen molar-refractivity contribution in [3.8, 4) is 11.5 Å². The monoisotopic (exact) mass is 381 g/mol. The highest BCUT2D eigenvalue weighted by molar-refractivity contribution is 5.86. The van der Waals surface area contributed by atoms with E-state index in [1.807, 2.05) is 42.5 Å². The molecular weight excluding hydrogens is 354 g/mol. The molecule has 1 saturated heterocycles. The van der Waals surface area contributed by atoms with Crippen LogP contribution in [0.2, 0.25) is 0 Å². The number of rotatable bonds is 6. The third kappa shape index (κ3) is 4.71. The molecule has 1 atom stereocenters. The van der Waals surface area contributed by atoms with Crippen LogP contribution < -0.4 is 4.74 Å². The summed E-state index contributed by atoms with van der Waals surface area (Å²) in [6.45, 7) is 7.32. The Hall–Kier alpha value is -2.82. The lowest BCUT2D eigenvalue weighted by atomic mass is 9.86. The summed E-state index contributed by atoms with van der Waals surface area (Å²) in [5, 5.41) is 9.06. The topological polar surface area (TPSA) is 66.8 Å². The van der Waals surface area contributed by atoms with E-state index in [9.17, 15) is 9.59 Å². The van der Waals surface area contributed by atoms with Gasteiger partial charge in [-0.2, -0.15) is 0 Å². The largest absolute Gasteiger partial charge is 0.481 e. The molecule has 2 aromatic rings. The van der Waals surface area contributed by atoms with Crippen molar-refractivity contribution >= 4 is 11.9 Å². The Morgan fingerprint density at radius 2 is 1.82 bits per heavy atom. The molecule has 5 heteroatoms. The second-order valence-corrected chi connectivity index (χ2v) is 8.32. The maximum atomic E-state index is 11.9. The van der Waals surface area contributed by atoms with E-state index in [0.717, 1.165) is 22.6 Å². The summed E-state index contributed by atoms with van der Waals surface area (Å²) in [5.74, 6) is 0.0685. The highest BCUT2D eigenvalue weighted by Crippen LogP contribution is 2.34. The molecule has 0 radical (unpaired) electrons. The van der Waals surface area contributed by atoms with Crippen molar-refractivity contribution in [2.45, 2.75) is 39.0 Å². The molecule has 3 rings (SSSR count). The maximum absolute atomic E-state index is 11.9. The Labute approximate surface area is 165 Å². The number of hydrogen-bond donors (Lipinski definition) is 1. The molecule has 1 unspecified atom stereocenters. The molecule has 148 valence electrons. The fourth-order valence-electron chi connectivity index (χ4n) is 3.44. The summed E-state index contributed by atoms with van der Waals surface area (Å²) in [7, 11) is 0. The van der Waals surface area contributed by atoms with Gasteiger partial charge in [0.2, 0.25) is 5.91 Å². The molecule has 0 saturated carbocycles. The number of aliphatic carboxylic acids is 1. The molecule has 1 aliphatic rings. The summed E-state index contributed by atoms with van der Waals surface area (Å²) in [6.07, 6.45) is 0.798. The number of ether oxygens (including phenoxy) is 1. The Kier molecular flexibility index (Phi) is 5.73. The first-order valence-corrected chi connectivity index (χ1v) is 9.61. The van der Waals surface area contributed by atoms with Crippen molar-refractivity contribution in [1.82, 2.24) is 4.90 Å². The van der Waals surface area contributed by atoms with E-state index in [-0.39, 0.29) is 17.7 Å². The van der Waals surface area contributed by atoms with Crippen molar-refractivity contribution in [1.29, 1.82) is 0 Å². The van der Waals surface area contributed by atoms with Gasteiger partial charge >= 0.3 is 5.97 Å². The zero-order valence-electron chi connectivity index (χ0n) is 16.6. The molecule has 28 heavy (non-hydrogen) atoms. The Balaban J connectivity index is 1.61. The second kappa shape index (κ2) is 8.05.